The van der Waals surface area contributed by atoms with Crippen molar-refractivity contribution >= 4 is 51.6 Å². The molecule has 0 amide bonds. The molecule has 0 unspecified atom stereocenters. The summed E-state index contributed by atoms with van der Waals surface area (Å²) in [6.45, 7) is 2.26. The second-order valence-corrected chi connectivity index (χ2v) is 11.4. The van der Waals surface area contributed by atoms with E-state index in [0.29, 0.717) is 45.7 Å². The Morgan fingerprint density at radius 3 is 2.65 bits per heavy atom. The van der Waals surface area contributed by atoms with Gasteiger partial charge in [0, 0.05) is 37.4 Å². The first kappa shape index (κ1) is 26.4. The summed E-state index contributed by atoms with van der Waals surface area (Å²) in [4.78, 5) is 38.2. The molecule has 1 aliphatic heterocycles. The number of pyridine rings is 3. The Labute approximate surface area is 240 Å². The molecular weight excluding hydrogens is 553 g/mol. The van der Waals surface area contributed by atoms with Gasteiger partial charge in [0.1, 0.15) is 23.0 Å². The second kappa shape index (κ2) is 9.98. The van der Waals surface area contributed by atoms with E-state index in [9.17, 15) is 14.7 Å². The first-order valence-electron chi connectivity index (χ1n) is 12.9. The van der Waals surface area contributed by atoms with Gasteiger partial charge in [0.2, 0.25) is 11.3 Å². The summed E-state index contributed by atoms with van der Waals surface area (Å²) in [7, 11) is 3.77. The zero-order valence-electron chi connectivity index (χ0n) is 22.1. The van der Waals surface area contributed by atoms with Crippen LogP contribution >= 0.6 is 23.2 Å². The van der Waals surface area contributed by atoms with Crippen LogP contribution in [0.4, 0.5) is 11.5 Å². The lowest BCUT2D eigenvalue weighted by Gasteiger charge is -2.31. The number of anilines is 2. The van der Waals surface area contributed by atoms with Crippen molar-refractivity contribution in [3.63, 3.8) is 0 Å². The lowest BCUT2D eigenvalue weighted by atomic mass is 10.1. The van der Waals surface area contributed by atoms with Gasteiger partial charge in [-0.25, -0.2) is 14.8 Å². The van der Waals surface area contributed by atoms with Crippen LogP contribution in [-0.2, 0) is 0 Å². The summed E-state index contributed by atoms with van der Waals surface area (Å²) in [6, 6.07) is 11.1. The number of hydrogen-bond donors (Lipinski definition) is 1. The highest BCUT2D eigenvalue weighted by Gasteiger charge is 2.52. The van der Waals surface area contributed by atoms with Crippen molar-refractivity contribution in [3.8, 4) is 11.6 Å². The molecule has 2 aliphatic rings. The summed E-state index contributed by atoms with van der Waals surface area (Å²) < 4.78 is 7.76. The van der Waals surface area contributed by atoms with Gasteiger partial charge in [0.15, 0.2) is 0 Å². The number of hydrogen-bond acceptors (Lipinski definition) is 7. The maximum Gasteiger partial charge on any atom is 0.341 e. The van der Waals surface area contributed by atoms with E-state index in [-0.39, 0.29) is 17.0 Å². The summed E-state index contributed by atoms with van der Waals surface area (Å²) >= 11 is 13.1. The van der Waals surface area contributed by atoms with Gasteiger partial charge in [0.05, 0.1) is 34.2 Å². The van der Waals surface area contributed by atoms with Gasteiger partial charge < -0.3 is 24.2 Å². The molecule has 9 nitrogen and oxygen atoms in total. The SMILES string of the molecule is Cc1ccc(Cl)c(OC[C@H]2C[C@H]3C[C@H]3N2c2cc3c(cc2Cl)c(=O)c(C(=O)O)cn3-c2ccc(N(C)C)nc2)n1. The van der Waals surface area contributed by atoms with Gasteiger partial charge >= 0.3 is 5.97 Å². The lowest BCUT2D eigenvalue weighted by molar-refractivity contribution is 0.0695. The third-order valence-corrected chi connectivity index (χ3v) is 8.22. The normalized spacial score (nSPS) is 19.5. The standard InChI is InChI=1S/C29H27Cl2N5O4/c1-15-4-6-21(30)28(33-15)40-14-18-8-16-9-23(16)36(18)25-11-24-19(10-22(25)31)27(37)20(29(38)39)13-35(24)17-5-7-26(32-12-17)34(2)3/h4-7,10-13,16,18,23H,8-9,14H2,1-3H3,(H,38,39)/t16-,18+,23+/m0/s1. The molecule has 206 valence electrons. The van der Waals surface area contributed by atoms with Crippen LogP contribution in [0, 0.1) is 12.8 Å². The minimum atomic E-state index is -1.31. The molecule has 11 heteroatoms. The Kier molecular flexibility index (Phi) is 6.59. The highest BCUT2D eigenvalue weighted by molar-refractivity contribution is 6.34. The Balaban J connectivity index is 1.44. The summed E-state index contributed by atoms with van der Waals surface area (Å²) in [6.07, 6.45) is 4.99. The highest BCUT2D eigenvalue weighted by Crippen LogP contribution is 2.51. The van der Waals surface area contributed by atoms with Crippen molar-refractivity contribution in [2.24, 2.45) is 5.92 Å². The molecule has 40 heavy (non-hydrogen) atoms. The minimum Gasteiger partial charge on any atom is -0.477 e. The van der Waals surface area contributed by atoms with Gasteiger partial charge in [0.25, 0.3) is 0 Å². The lowest BCUT2D eigenvalue weighted by Crippen LogP contribution is -2.37. The van der Waals surface area contributed by atoms with Crippen molar-refractivity contribution in [1.29, 1.82) is 0 Å². The molecule has 1 aromatic carbocycles. The number of fused-ring (bicyclic) bond motifs is 2. The number of aromatic carboxylic acids is 1. The summed E-state index contributed by atoms with van der Waals surface area (Å²) in [5, 5.41) is 10.8. The van der Waals surface area contributed by atoms with Crippen molar-refractivity contribution in [1.82, 2.24) is 14.5 Å². The number of halogens is 2. The molecule has 2 fully saturated rings. The topological polar surface area (TPSA) is 101 Å². The van der Waals surface area contributed by atoms with Gasteiger partial charge in [-0.2, -0.15) is 0 Å². The van der Waals surface area contributed by atoms with E-state index in [0.717, 1.165) is 30.0 Å². The molecule has 3 atom stereocenters. The molecule has 4 heterocycles. The van der Waals surface area contributed by atoms with Crippen LogP contribution in [0.2, 0.25) is 10.0 Å². The second-order valence-electron chi connectivity index (χ2n) is 10.5. The van der Waals surface area contributed by atoms with Crippen molar-refractivity contribution in [2.75, 3.05) is 30.5 Å². The Morgan fingerprint density at radius 2 is 1.95 bits per heavy atom. The number of carboxylic acids is 1. The van der Waals surface area contributed by atoms with E-state index in [4.69, 9.17) is 27.9 Å². The molecule has 3 aromatic heterocycles. The predicted molar refractivity (Wildman–Crippen MR) is 156 cm³/mol. The van der Waals surface area contributed by atoms with E-state index < -0.39 is 11.4 Å². The molecule has 1 saturated carbocycles. The fourth-order valence-electron chi connectivity index (χ4n) is 5.56. The average Bonchev–Trinajstić information content (AvgIpc) is 3.59. The quantitative estimate of drug-likeness (QED) is 0.318. The van der Waals surface area contributed by atoms with Gasteiger partial charge in [-0.15, -0.1) is 0 Å². The number of nitrogens with zero attached hydrogens (tertiary/aromatic N) is 5. The third kappa shape index (κ3) is 4.63. The van der Waals surface area contributed by atoms with Crippen LogP contribution in [0.3, 0.4) is 0 Å². The van der Waals surface area contributed by atoms with Crippen LogP contribution in [0.15, 0.2) is 53.6 Å². The van der Waals surface area contributed by atoms with Crippen molar-refractivity contribution in [3.05, 3.63) is 80.3 Å². The van der Waals surface area contributed by atoms with Gasteiger partial charge in [-0.3, -0.25) is 4.79 Å². The van der Waals surface area contributed by atoms with E-state index >= 15 is 0 Å². The van der Waals surface area contributed by atoms with Crippen molar-refractivity contribution in [2.45, 2.75) is 31.8 Å². The number of aromatic nitrogens is 3. The molecule has 0 radical (unpaired) electrons. The largest absolute Gasteiger partial charge is 0.477 e. The van der Waals surface area contributed by atoms with Crippen LogP contribution in [0.25, 0.3) is 16.6 Å². The maximum atomic E-state index is 13.2. The molecule has 1 aliphatic carbocycles. The van der Waals surface area contributed by atoms with Gasteiger partial charge in [-0.1, -0.05) is 23.2 Å². The molecule has 6 rings (SSSR count). The Hall–Kier alpha value is -3.82. The fraction of sp³-hybridized carbons (Fsp3) is 0.310. The van der Waals surface area contributed by atoms with E-state index in [1.165, 1.54) is 6.20 Å². The first-order valence-corrected chi connectivity index (χ1v) is 13.7. The number of aryl methyl sites for hydroxylation is 1. The molecule has 0 spiro atoms. The van der Waals surface area contributed by atoms with E-state index in [1.54, 1.807) is 22.9 Å². The smallest absolute Gasteiger partial charge is 0.341 e. The summed E-state index contributed by atoms with van der Waals surface area (Å²) in [5.74, 6) is 0.370. The summed E-state index contributed by atoms with van der Waals surface area (Å²) in [5.41, 5.74) is 1.82. The van der Waals surface area contributed by atoms with Crippen LogP contribution in [-0.4, -0.2) is 58.4 Å². The van der Waals surface area contributed by atoms with Gasteiger partial charge in [-0.05, 0) is 62.1 Å². The van der Waals surface area contributed by atoms with Crippen LogP contribution in [0.1, 0.15) is 28.9 Å². The maximum absolute atomic E-state index is 13.2. The first-order chi connectivity index (χ1) is 19.1. The zero-order valence-corrected chi connectivity index (χ0v) is 23.6. The number of carbonyl (C=O) groups is 1. The van der Waals surface area contributed by atoms with Crippen LogP contribution in [0.5, 0.6) is 5.88 Å². The van der Waals surface area contributed by atoms with E-state index in [1.807, 2.05) is 50.2 Å². The zero-order chi connectivity index (χ0) is 28.3. The minimum absolute atomic E-state index is 0.0246. The highest BCUT2D eigenvalue weighted by atomic mass is 35.5. The molecule has 1 saturated heterocycles. The number of ether oxygens (including phenoxy) is 1. The van der Waals surface area contributed by atoms with E-state index in [2.05, 4.69) is 14.9 Å². The molecule has 1 N–H and O–H groups in total. The molecular formula is C29H27Cl2N5O4. The molecule has 4 aromatic rings. The number of benzene rings is 1. The van der Waals surface area contributed by atoms with Crippen molar-refractivity contribution < 1.29 is 14.6 Å². The predicted octanol–water partition coefficient (Wildman–Crippen LogP) is 5.21. The number of piperidine rings is 1. The Bertz CT molecular complexity index is 1710. The Morgan fingerprint density at radius 1 is 1.15 bits per heavy atom. The molecule has 0 bridgehead atoms. The number of carboxylic acid groups (broad SMARTS) is 1. The monoisotopic (exact) mass is 579 g/mol. The van der Waals surface area contributed by atoms with Crippen LogP contribution < -0.4 is 20.0 Å². The third-order valence-electron chi connectivity index (χ3n) is 7.63. The fourth-order valence-corrected chi connectivity index (χ4v) is 5.98. The number of rotatable bonds is 7. The average molecular weight is 580 g/mol.